The molecule has 0 fully saturated rings. The summed E-state index contributed by atoms with van der Waals surface area (Å²) in [6, 6.07) is 12.4. The summed E-state index contributed by atoms with van der Waals surface area (Å²) in [6.07, 6.45) is -1.18. The number of aryl methyl sites for hydroxylation is 2. The summed E-state index contributed by atoms with van der Waals surface area (Å²) in [5.41, 5.74) is 3.96. The van der Waals surface area contributed by atoms with E-state index in [-0.39, 0.29) is 12.5 Å². The number of carbonyl (C=O) groups excluding carboxylic acids is 3. The van der Waals surface area contributed by atoms with E-state index in [9.17, 15) is 14.4 Å². The van der Waals surface area contributed by atoms with E-state index in [4.69, 9.17) is 0 Å². The van der Waals surface area contributed by atoms with Crippen LogP contribution in [0.5, 0.6) is 0 Å². The molecule has 0 bridgehead atoms. The maximum Gasteiger partial charge on any atom is 0.321 e. The summed E-state index contributed by atoms with van der Waals surface area (Å²) in [4.78, 5) is 44.9. The number of nitrogens with one attached hydrogen (secondary N) is 3. The number of nitrogens with zero attached hydrogens (tertiary/aromatic N) is 2. The first-order chi connectivity index (χ1) is 15.4. The van der Waals surface area contributed by atoms with Crippen LogP contribution in [0, 0.1) is 13.8 Å². The molecule has 33 heavy (non-hydrogen) atoms. The minimum Gasteiger partial charge on any atom is -0.350 e. The first kappa shape index (κ1) is 24.0. The predicted octanol–water partition coefficient (Wildman–Crippen LogP) is 3.52. The first-order valence-corrected chi connectivity index (χ1v) is 10.9. The molecule has 0 aromatic heterocycles. The van der Waals surface area contributed by atoms with Crippen molar-refractivity contribution in [1.29, 1.82) is 0 Å². The van der Waals surface area contributed by atoms with E-state index in [1.54, 1.807) is 13.0 Å². The van der Waals surface area contributed by atoms with Gasteiger partial charge in [-0.3, -0.25) is 19.5 Å². The first-order valence-electron chi connectivity index (χ1n) is 10.9. The zero-order chi connectivity index (χ0) is 24.3. The van der Waals surface area contributed by atoms with Gasteiger partial charge in [-0.2, -0.15) is 0 Å². The lowest BCUT2D eigenvalue weighted by molar-refractivity contribution is -0.125. The zero-order valence-electron chi connectivity index (χ0n) is 19.9. The molecule has 2 aromatic rings. The molecule has 1 atom stereocenters. The molecular formula is C25H31N5O3. The lowest BCUT2D eigenvalue weighted by Crippen LogP contribution is -2.53. The summed E-state index contributed by atoms with van der Waals surface area (Å²) in [5.74, 6) is -0.779. The lowest BCUT2D eigenvalue weighted by atomic mass is 10.0. The van der Waals surface area contributed by atoms with Crippen LogP contribution in [-0.4, -0.2) is 41.8 Å². The molecule has 0 saturated carbocycles. The van der Waals surface area contributed by atoms with Gasteiger partial charge >= 0.3 is 6.03 Å². The van der Waals surface area contributed by atoms with Gasteiger partial charge in [0.1, 0.15) is 6.54 Å². The molecule has 1 aliphatic heterocycles. The Bertz CT molecular complexity index is 1120. The number of benzodiazepines with no additional fused rings is 1. The summed E-state index contributed by atoms with van der Waals surface area (Å²) >= 11 is 0. The fraction of sp³-hybridized carbons (Fsp3) is 0.360. The Kier molecular flexibility index (Phi) is 6.86. The van der Waals surface area contributed by atoms with Crippen molar-refractivity contribution in [2.24, 2.45) is 4.99 Å². The van der Waals surface area contributed by atoms with Crippen LogP contribution in [0.4, 0.5) is 16.2 Å². The van der Waals surface area contributed by atoms with Crippen LogP contribution in [0.25, 0.3) is 0 Å². The van der Waals surface area contributed by atoms with Crippen LogP contribution in [0.15, 0.2) is 47.5 Å². The fourth-order valence-corrected chi connectivity index (χ4v) is 3.75. The van der Waals surface area contributed by atoms with Gasteiger partial charge in [0, 0.05) is 22.5 Å². The largest absolute Gasteiger partial charge is 0.350 e. The molecule has 8 heteroatoms. The van der Waals surface area contributed by atoms with Crippen LogP contribution < -0.4 is 20.9 Å². The summed E-state index contributed by atoms with van der Waals surface area (Å²) in [5, 5.41) is 8.28. The number of fused-ring (bicyclic) bond motifs is 1. The molecule has 174 valence electrons. The highest BCUT2D eigenvalue weighted by Crippen LogP contribution is 2.29. The van der Waals surface area contributed by atoms with Crippen molar-refractivity contribution < 1.29 is 14.4 Å². The Balaban J connectivity index is 1.91. The van der Waals surface area contributed by atoms with Crippen molar-refractivity contribution in [1.82, 2.24) is 10.6 Å². The third-order valence-electron chi connectivity index (χ3n) is 5.08. The Labute approximate surface area is 194 Å². The van der Waals surface area contributed by atoms with Crippen molar-refractivity contribution >= 4 is 34.9 Å². The fourth-order valence-electron chi connectivity index (χ4n) is 3.75. The molecule has 3 N–H and O–H groups in total. The van der Waals surface area contributed by atoms with Crippen molar-refractivity contribution in [2.45, 2.75) is 53.2 Å². The molecule has 0 spiro atoms. The zero-order valence-corrected chi connectivity index (χ0v) is 19.9. The molecular weight excluding hydrogens is 418 g/mol. The normalized spacial score (nSPS) is 15.8. The van der Waals surface area contributed by atoms with Crippen LogP contribution in [0.3, 0.4) is 0 Å². The van der Waals surface area contributed by atoms with Crippen LogP contribution in [0.1, 0.15) is 44.4 Å². The second kappa shape index (κ2) is 9.44. The van der Waals surface area contributed by atoms with E-state index in [0.717, 1.165) is 16.7 Å². The van der Waals surface area contributed by atoms with Gasteiger partial charge in [-0.25, -0.2) is 4.79 Å². The van der Waals surface area contributed by atoms with Crippen molar-refractivity contribution in [2.75, 3.05) is 16.8 Å². The van der Waals surface area contributed by atoms with Crippen molar-refractivity contribution in [3.8, 4) is 0 Å². The molecule has 3 rings (SSSR count). The van der Waals surface area contributed by atoms with Gasteiger partial charge in [0.25, 0.3) is 5.91 Å². The second-order valence-corrected chi connectivity index (χ2v) is 9.28. The number of rotatable bonds is 4. The number of hydrogen-bond acceptors (Lipinski definition) is 4. The Morgan fingerprint density at radius 1 is 1.06 bits per heavy atom. The topological polar surface area (TPSA) is 103 Å². The number of urea groups is 1. The average molecular weight is 450 g/mol. The highest BCUT2D eigenvalue weighted by molar-refractivity contribution is 6.14. The Morgan fingerprint density at radius 3 is 2.42 bits per heavy atom. The maximum absolute atomic E-state index is 13.5. The van der Waals surface area contributed by atoms with Crippen LogP contribution >= 0.6 is 0 Å². The van der Waals surface area contributed by atoms with Gasteiger partial charge in [-0.15, -0.1) is 0 Å². The van der Waals surface area contributed by atoms with Crippen molar-refractivity contribution in [3.63, 3.8) is 0 Å². The maximum atomic E-state index is 13.5. The highest BCUT2D eigenvalue weighted by atomic mass is 16.2. The van der Waals surface area contributed by atoms with Gasteiger partial charge in [-0.05, 0) is 64.8 Å². The third kappa shape index (κ3) is 5.97. The van der Waals surface area contributed by atoms with Gasteiger partial charge in [0.2, 0.25) is 12.1 Å². The summed E-state index contributed by atoms with van der Waals surface area (Å²) in [6.45, 7) is 11.0. The lowest BCUT2D eigenvalue weighted by Gasteiger charge is -2.28. The van der Waals surface area contributed by atoms with Crippen LogP contribution in [0.2, 0.25) is 0 Å². The van der Waals surface area contributed by atoms with Gasteiger partial charge in [0.15, 0.2) is 0 Å². The Hall–Kier alpha value is -3.68. The monoisotopic (exact) mass is 449 g/mol. The molecule has 0 aliphatic carbocycles. The number of amides is 4. The third-order valence-corrected chi connectivity index (χ3v) is 5.08. The van der Waals surface area contributed by atoms with E-state index >= 15 is 0 Å². The number of carbonyl (C=O) groups is 3. The smallest absolute Gasteiger partial charge is 0.321 e. The second-order valence-electron chi connectivity index (χ2n) is 9.28. The number of benzene rings is 2. The van der Waals surface area contributed by atoms with E-state index in [1.807, 2.05) is 71.0 Å². The molecule has 2 aromatic carbocycles. The Morgan fingerprint density at radius 2 is 1.76 bits per heavy atom. The van der Waals surface area contributed by atoms with Gasteiger partial charge < -0.3 is 16.0 Å². The number of anilines is 2. The SMILES string of the molecule is CC1=NC(NC(=O)Nc2cccc(C)c2)C(=O)N(CC(=O)NC(C)(C)C)c2c(C)cccc21. The van der Waals surface area contributed by atoms with Gasteiger partial charge in [-0.1, -0.05) is 30.3 Å². The number of hydrogen-bond donors (Lipinski definition) is 3. The van der Waals surface area contributed by atoms with E-state index < -0.39 is 23.6 Å². The van der Waals surface area contributed by atoms with E-state index in [2.05, 4.69) is 20.9 Å². The molecule has 1 heterocycles. The quantitative estimate of drug-likeness (QED) is 0.665. The highest BCUT2D eigenvalue weighted by Gasteiger charge is 2.34. The number of para-hydroxylation sites is 1. The summed E-state index contributed by atoms with van der Waals surface area (Å²) < 4.78 is 0. The molecule has 4 amide bonds. The van der Waals surface area contributed by atoms with Gasteiger partial charge in [0.05, 0.1) is 5.69 Å². The molecule has 8 nitrogen and oxygen atoms in total. The standard InChI is InChI=1S/C25H31N5O3/c1-15-9-7-11-18(13-15)27-24(33)28-22-23(32)30(14-20(31)29-25(4,5)6)21-16(2)10-8-12-19(21)17(3)26-22/h7-13,22H,14H2,1-6H3,(H,29,31)(H2,27,28,33). The predicted molar refractivity (Wildman–Crippen MR) is 131 cm³/mol. The molecule has 0 saturated heterocycles. The minimum atomic E-state index is -1.18. The summed E-state index contributed by atoms with van der Waals surface area (Å²) in [7, 11) is 0. The van der Waals surface area contributed by atoms with Crippen molar-refractivity contribution in [3.05, 3.63) is 59.2 Å². The van der Waals surface area contributed by atoms with E-state index in [0.29, 0.717) is 17.1 Å². The van der Waals surface area contributed by atoms with E-state index in [1.165, 1.54) is 4.90 Å². The van der Waals surface area contributed by atoms with Crippen LogP contribution in [-0.2, 0) is 9.59 Å². The molecule has 0 radical (unpaired) electrons. The average Bonchev–Trinajstić information content (AvgIpc) is 2.78. The molecule has 1 unspecified atom stereocenters. The molecule has 1 aliphatic rings. The number of aliphatic imine (C=N–C) groups is 1. The minimum absolute atomic E-state index is 0.186.